The number of carbonyl (C=O) groups is 2. The Bertz CT molecular complexity index is 416. The van der Waals surface area contributed by atoms with Gasteiger partial charge in [-0.05, 0) is 12.1 Å². The first kappa shape index (κ1) is 13.2. The number of aromatic nitrogens is 1. The number of hydrogen-bond donors (Lipinski definition) is 2. The van der Waals surface area contributed by atoms with Crippen LogP contribution in [-0.2, 0) is 9.59 Å². The molecule has 0 unspecified atom stereocenters. The molecule has 1 aromatic rings. The number of amides is 2. The van der Waals surface area contributed by atoms with E-state index in [0.29, 0.717) is 18.1 Å². The third-order valence-electron chi connectivity index (χ3n) is 2.11. The first-order chi connectivity index (χ1) is 8.02. The van der Waals surface area contributed by atoms with Gasteiger partial charge in [-0.3, -0.25) is 9.59 Å². The molecule has 0 saturated carbocycles. The summed E-state index contributed by atoms with van der Waals surface area (Å²) in [6, 6.07) is 5.09. The Morgan fingerprint density at radius 2 is 1.82 bits per heavy atom. The third kappa shape index (κ3) is 4.22. The van der Waals surface area contributed by atoms with Crippen molar-refractivity contribution in [2.24, 2.45) is 5.92 Å². The quantitative estimate of drug-likeness (QED) is 0.838. The minimum atomic E-state index is -0.107. The molecule has 0 atom stereocenters. The molecule has 0 aliphatic heterocycles. The summed E-state index contributed by atoms with van der Waals surface area (Å²) in [5, 5.41) is 5.30. The van der Waals surface area contributed by atoms with Gasteiger partial charge in [-0.2, -0.15) is 0 Å². The fourth-order valence-electron chi connectivity index (χ4n) is 1.08. The number of pyridine rings is 1. The zero-order chi connectivity index (χ0) is 12.8. The highest BCUT2D eigenvalue weighted by atomic mass is 16.2. The summed E-state index contributed by atoms with van der Waals surface area (Å²) in [6.07, 6.45) is 0.393. The summed E-state index contributed by atoms with van der Waals surface area (Å²) in [4.78, 5) is 26.8. The van der Waals surface area contributed by atoms with Crippen LogP contribution in [0.4, 0.5) is 11.6 Å². The Balaban J connectivity index is 2.72. The number of hydrogen-bond acceptors (Lipinski definition) is 3. The molecule has 5 heteroatoms. The highest BCUT2D eigenvalue weighted by Crippen LogP contribution is 2.10. The zero-order valence-electron chi connectivity index (χ0n) is 10.3. The molecule has 0 saturated heterocycles. The molecular formula is C12H17N3O2. The average molecular weight is 235 g/mol. The Morgan fingerprint density at radius 1 is 1.24 bits per heavy atom. The van der Waals surface area contributed by atoms with Crippen molar-refractivity contribution in [3.05, 3.63) is 18.2 Å². The van der Waals surface area contributed by atoms with E-state index in [1.54, 1.807) is 39.0 Å². The van der Waals surface area contributed by atoms with Gasteiger partial charge >= 0.3 is 0 Å². The minimum absolute atomic E-state index is 0.100. The molecule has 0 radical (unpaired) electrons. The van der Waals surface area contributed by atoms with Gasteiger partial charge in [-0.1, -0.05) is 26.8 Å². The number of nitrogens with one attached hydrogen (secondary N) is 2. The number of carbonyl (C=O) groups excluding carboxylic acids is 2. The summed E-state index contributed by atoms with van der Waals surface area (Å²) in [5.41, 5.74) is 0. The predicted molar refractivity (Wildman–Crippen MR) is 66.6 cm³/mol. The molecule has 0 spiro atoms. The summed E-state index contributed by atoms with van der Waals surface area (Å²) < 4.78 is 0. The van der Waals surface area contributed by atoms with Crippen LogP contribution in [0.1, 0.15) is 27.2 Å². The van der Waals surface area contributed by atoms with Crippen LogP contribution >= 0.6 is 0 Å². The fraction of sp³-hybridized carbons (Fsp3) is 0.417. The molecule has 1 heterocycles. The van der Waals surface area contributed by atoms with Gasteiger partial charge in [0.25, 0.3) is 0 Å². The van der Waals surface area contributed by atoms with Crippen LogP contribution in [0, 0.1) is 5.92 Å². The van der Waals surface area contributed by atoms with Crippen molar-refractivity contribution in [3.8, 4) is 0 Å². The zero-order valence-corrected chi connectivity index (χ0v) is 10.3. The number of rotatable bonds is 4. The van der Waals surface area contributed by atoms with Gasteiger partial charge in [-0.15, -0.1) is 0 Å². The standard InChI is InChI=1S/C12H17N3O2/c1-4-11(16)14-9-6-5-7-10(13-9)15-12(17)8(2)3/h5-8H,4H2,1-3H3,(H2,13,14,15,16,17). The Labute approximate surface area is 101 Å². The Morgan fingerprint density at radius 3 is 2.35 bits per heavy atom. The Hall–Kier alpha value is -1.91. The topological polar surface area (TPSA) is 71.1 Å². The van der Waals surface area contributed by atoms with Gasteiger partial charge in [0.2, 0.25) is 11.8 Å². The largest absolute Gasteiger partial charge is 0.311 e. The highest BCUT2D eigenvalue weighted by Gasteiger charge is 2.08. The molecule has 17 heavy (non-hydrogen) atoms. The van der Waals surface area contributed by atoms with E-state index >= 15 is 0 Å². The lowest BCUT2D eigenvalue weighted by atomic mass is 10.2. The molecular weight excluding hydrogens is 218 g/mol. The van der Waals surface area contributed by atoms with Gasteiger partial charge in [0.05, 0.1) is 0 Å². The molecule has 0 aliphatic carbocycles. The SMILES string of the molecule is CCC(=O)Nc1cccc(NC(=O)C(C)C)n1. The molecule has 92 valence electrons. The van der Waals surface area contributed by atoms with E-state index in [1.165, 1.54) is 0 Å². The van der Waals surface area contributed by atoms with E-state index in [9.17, 15) is 9.59 Å². The van der Waals surface area contributed by atoms with Crippen molar-refractivity contribution in [1.82, 2.24) is 4.98 Å². The second-order valence-corrected chi connectivity index (χ2v) is 3.95. The molecule has 0 fully saturated rings. The van der Waals surface area contributed by atoms with Gasteiger partial charge in [0.15, 0.2) is 0 Å². The number of anilines is 2. The smallest absolute Gasteiger partial charge is 0.228 e. The second-order valence-electron chi connectivity index (χ2n) is 3.95. The summed E-state index contributed by atoms with van der Waals surface area (Å²) in [7, 11) is 0. The molecule has 1 rings (SSSR count). The lowest BCUT2D eigenvalue weighted by Crippen LogP contribution is -2.19. The van der Waals surface area contributed by atoms with Crippen LogP contribution in [0.2, 0.25) is 0 Å². The Kier molecular flexibility index (Phi) is 4.63. The van der Waals surface area contributed by atoms with E-state index in [0.717, 1.165) is 0 Å². The lowest BCUT2D eigenvalue weighted by Gasteiger charge is -2.08. The molecule has 0 aliphatic rings. The van der Waals surface area contributed by atoms with E-state index in [-0.39, 0.29) is 17.7 Å². The normalized spacial score (nSPS) is 10.1. The maximum Gasteiger partial charge on any atom is 0.228 e. The van der Waals surface area contributed by atoms with E-state index in [1.807, 2.05) is 0 Å². The van der Waals surface area contributed by atoms with E-state index in [2.05, 4.69) is 15.6 Å². The van der Waals surface area contributed by atoms with Gasteiger partial charge in [0, 0.05) is 12.3 Å². The average Bonchev–Trinajstić information content (AvgIpc) is 2.29. The molecule has 0 bridgehead atoms. The van der Waals surface area contributed by atoms with E-state index < -0.39 is 0 Å². The summed E-state index contributed by atoms with van der Waals surface area (Å²) in [5.74, 6) is 0.572. The maximum atomic E-state index is 11.5. The lowest BCUT2D eigenvalue weighted by molar-refractivity contribution is -0.119. The van der Waals surface area contributed by atoms with Gasteiger partial charge in [0.1, 0.15) is 11.6 Å². The van der Waals surface area contributed by atoms with Crippen LogP contribution in [0.5, 0.6) is 0 Å². The monoisotopic (exact) mass is 235 g/mol. The van der Waals surface area contributed by atoms with Crippen LogP contribution in [0.25, 0.3) is 0 Å². The number of nitrogens with zero attached hydrogens (tertiary/aromatic N) is 1. The van der Waals surface area contributed by atoms with Crippen molar-refractivity contribution in [1.29, 1.82) is 0 Å². The molecule has 2 amide bonds. The van der Waals surface area contributed by atoms with Crippen LogP contribution in [-0.4, -0.2) is 16.8 Å². The van der Waals surface area contributed by atoms with Crippen LogP contribution in [0.3, 0.4) is 0 Å². The van der Waals surface area contributed by atoms with Crippen molar-refractivity contribution < 1.29 is 9.59 Å². The van der Waals surface area contributed by atoms with Crippen molar-refractivity contribution in [2.45, 2.75) is 27.2 Å². The molecule has 0 aromatic carbocycles. The fourth-order valence-corrected chi connectivity index (χ4v) is 1.08. The van der Waals surface area contributed by atoms with Gasteiger partial charge in [-0.25, -0.2) is 4.98 Å². The molecule has 5 nitrogen and oxygen atoms in total. The molecule has 1 aromatic heterocycles. The maximum absolute atomic E-state index is 11.5. The minimum Gasteiger partial charge on any atom is -0.311 e. The second kappa shape index (κ2) is 5.98. The van der Waals surface area contributed by atoms with Crippen LogP contribution < -0.4 is 10.6 Å². The highest BCUT2D eigenvalue weighted by molar-refractivity contribution is 5.92. The summed E-state index contributed by atoms with van der Waals surface area (Å²) in [6.45, 7) is 5.37. The van der Waals surface area contributed by atoms with Crippen molar-refractivity contribution in [3.63, 3.8) is 0 Å². The van der Waals surface area contributed by atoms with Crippen molar-refractivity contribution in [2.75, 3.05) is 10.6 Å². The van der Waals surface area contributed by atoms with Crippen molar-refractivity contribution >= 4 is 23.5 Å². The third-order valence-corrected chi connectivity index (χ3v) is 2.11. The first-order valence-electron chi connectivity index (χ1n) is 5.60. The first-order valence-corrected chi connectivity index (χ1v) is 5.60. The van der Waals surface area contributed by atoms with Gasteiger partial charge < -0.3 is 10.6 Å². The molecule has 2 N–H and O–H groups in total. The summed E-state index contributed by atoms with van der Waals surface area (Å²) >= 11 is 0. The predicted octanol–water partition coefficient (Wildman–Crippen LogP) is 2.02. The van der Waals surface area contributed by atoms with Crippen LogP contribution in [0.15, 0.2) is 18.2 Å². The van der Waals surface area contributed by atoms with E-state index in [4.69, 9.17) is 0 Å².